The van der Waals surface area contributed by atoms with Crippen LogP contribution in [0, 0.1) is 16.7 Å². The first-order chi connectivity index (χ1) is 6.97. The molecule has 3 rings (SSSR count). The van der Waals surface area contributed by atoms with Crippen LogP contribution < -0.4 is 5.73 Å². The van der Waals surface area contributed by atoms with Crippen molar-refractivity contribution in [2.45, 2.75) is 38.9 Å². The van der Waals surface area contributed by atoms with Crippen LogP contribution in [0.25, 0.3) is 0 Å². The van der Waals surface area contributed by atoms with Crippen LogP contribution in [-0.4, -0.2) is 16.1 Å². The SMILES string of the molecule is CC1(C)C2CCC1(C)C1SC(N)=NN=C21. The van der Waals surface area contributed by atoms with Gasteiger partial charge in [0.15, 0.2) is 5.17 Å². The molecule has 82 valence electrons. The number of hydrogen-bond donors (Lipinski definition) is 1. The minimum atomic E-state index is 0.349. The lowest BCUT2D eigenvalue weighted by atomic mass is 9.71. The number of nitrogens with two attached hydrogens (primary N) is 1. The van der Waals surface area contributed by atoms with Gasteiger partial charge in [-0.25, -0.2) is 0 Å². The van der Waals surface area contributed by atoms with Crippen molar-refractivity contribution >= 4 is 22.6 Å². The van der Waals surface area contributed by atoms with Gasteiger partial charge in [0.05, 0.1) is 11.0 Å². The first-order valence-corrected chi connectivity index (χ1v) is 6.42. The Labute approximate surface area is 94.6 Å². The predicted octanol–water partition coefficient (Wildman–Crippen LogP) is 2.23. The number of thioether (sulfide) groups is 1. The Bertz CT molecular complexity index is 385. The summed E-state index contributed by atoms with van der Waals surface area (Å²) < 4.78 is 0. The smallest absolute Gasteiger partial charge is 0.181 e. The molecule has 0 spiro atoms. The van der Waals surface area contributed by atoms with Gasteiger partial charge in [-0.1, -0.05) is 32.5 Å². The average Bonchev–Trinajstić information content (AvgIpc) is 2.48. The highest BCUT2D eigenvalue weighted by Crippen LogP contribution is 2.67. The summed E-state index contributed by atoms with van der Waals surface area (Å²) in [6.07, 6.45) is 2.57. The second-order valence-electron chi connectivity index (χ2n) is 5.69. The Balaban J connectivity index is 2.12. The maximum atomic E-state index is 5.78. The van der Waals surface area contributed by atoms with Crippen LogP contribution in [-0.2, 0) is 0 Å². The van der Waals surface area contributed by atoms with E-state index in [1.807, 2.05) is 0 Å². The fourth-order valence-corrected chi connectivity index (χ4v) is 4.93. The summed E-state index contributed by atoms with van der Waals surface area (Å²) in [6.45, 7) is 7.15. The molecule has 2 bridgehead atoms. The fraction of sp³-hybridized carbons (Fsp3) is 0.818. The van der Waals surface area contributed by atoms with E-state index in [0.717, 1.165) is 0 Å². The van der Waals surface area contributed by atoms with Crippen LogP contribution in [0.3, 0.4) is 0 Å². The molecule has 0 radical (unpaired) electrons. The molecule has 3 aliphatic rings. The van der Waals surface area contributed by atoms with Gasteiger partial charge in [-0.15, -0.1) is 5.10 Å². The molecule has 3 atom stereocenters. The van der Waals surface area contributed by atoms with Crippen molar-refractivity contribution in [1.82, 2.24) is 0 Å². The van der Waals surface area contributed by atoms with Crippen molar-refractivity contribution in [1.29, 1.82) is 0 Å². The summed E-state index contributed by atoms with van der Waals surface area (Å²) in [5, 5.41) is 9.50. The molecule has 2 N–H and O–H groups in total. The Hall–Kier alpha value is -0.510. The standard InChI is InChI=1S/C11H17N3S/c1-10(2)6-4-5-11(10,3)8-7(6)13-14-9(12)15-8/h6,8H,4-5H2,1-3H3,(H2,12,14). The number of rotatable bonds is 0. The van der Waals surface area contributed by atoms with Gasteiger partial charge < -0.3 is 5.73 Å². The van der Waals surface area contributed by atoms with Gasteiger partial charge >= 0.3 is 0 Å². The molecular formula is C11H17N3S. The predicted molar refractivity (Wildman–Crippen MR) is 65.0 cm³/mol. The van der Waals surface area contributed by atoms with Crippen molar-refractivity contribution < 1.29 is 0 Å². The number of nitrogens with zero attached hydrogens (tertiary/aromatic N) is 2. The Morgan fingerprint density at radius 3 is 2.80 bits per heavy atom. The van der Waals surface area contributed by atoms with E-state index in [2.05, 4.69) is 31.0 Å². The summed E-state index contributed by atoms with van der Waals surface area (Å²) in [5.41, 5.74) is 7.77. The van der Waals surface area contributed by atoms with E-state index < -0.39 is 0 Å². The summed E-state index contributed by atoms with van der Waals surface area (Å²) in [7, 11) is 0. The van der Waals surface area contributed by atoms with Crippen LogP contribution in [0.5, 0.6) is 0 Å². The Kier molecular flexibility index (Phi) is 1.68. The zero-order valence-electron chi connectivity index (χ0n) is 9.45. The van der Waals surface area contributed by atoms with E-state index in [4.69, 9.17) is 5.73 Å². The maximum Gasteiger partial charge on any atom is 0.181 e. The lowest BCUT2D eigenvalue weighted by Crippen LogP contribution is -2.38. The number of hydrogen-bond acceptors (Lipinski definition) is 4. The van der Waals surface area contributed by atoms with E-state index in [1.54, 1.807) is 11.8 Å². The topological polar surface area (TPSA) is 50.7 Å². The molecule has 1 aliphatic heterocycles. The zero-order chi connectivity index (χ0) is 10.8. The molecule has 2 saturated carbocycles. The molecule has 4 heteroatoms. The zero-order valence-corrected chi connectivity index (χ0v) is 10.3. The summed E-state index contributed by atoms with van der Waals surface area (Å²) >= 11 is 1.72. The molecule has 3 unspecified atom stereocenters. The van der Waals surface area contributed by atoms with E-state index in [9.17, 15) is 0 Å². The van der Waals surface area contributed by atoms with Crippen molar-refractivity contribution in [3.8, 4) is 0 Å². The first-order valence-electron chi connectivity index (χ1n) is 5.54. The van der Waals surface area contributed by atoms with Crippen molar-refractivity contribution in [2.75, 3.05) is 0 Å². The Morgan fingerprint density at radius 2 is 2.07 bits per heavy atom. The van der Waals surface area contributed by atoms with E-state index in [-0.39, 0.29) is 0 Å². The number of amidine groups is 1. The molecular weight excluding hydrogens is 206 g/mol. The largest absolute Gasteiger partial charge is 0.377 e. The lowest BCUT2D eigenvalue weighted by molar-refractivity contribution is 0.157. The van der Waals surface area contributed by atoms with Crippen LogP contribution in [0.15, 0.2) is 10.2 Å². The molecule has 0 aromatic heterocycles. The minimum absolute atomic E-state index is 0.349. The molecule has 1 heterocycles. The molecule has 3 nitrogen and oxygen atoms in total. The van der Waals surface area contributed by atoms with Crippen LogP contribution in [0.2, 0.25) is 0 Å². The molecule has 0 aromatic rings. The van der Waals surface area contributed by atoms with Gasteiger partial charge in [0.2, 0.25) is 0 Å². The number of fused-ring (bicyclic) bond motifs is 5. The normalized spacial score (nSPS) is 46.1. The Morgan fingerprint density at radius 1 is 1.33 bits per heavy atom. The molecule has 2 fully saturated rings. The second-order valence-corrected chi connectivity index (χ2v) is 6.82. The third kappa shape index (κ3) is 0.942. The third-order valence-electron chi connectivity index (χ3n) is 5.00. The van der Waals surface area contributed by atoms with Crippen LogP contribution >= 0.6 is 11.8 Å². The van der Waals surface area contributed by atoms with Gasteiger partial charge in [0, 0.05) is 5.92 Å². The van der Waals surface area contributed by atoms with Crippen molar-refractivity contribution in [3.63, 3.8) is 0 Å². The van der Waals surface area contributed by atoms with Gasteiger partial charge in [-0.3, -0.25) is 0 Å². The molecule has 15 heavy (non-hydrogen) atoms. The monoisotopic (exact) mass is 223 g/mol. The van der Waals surface area contributed by atoms with Gasteiger partial charge in [-0.2, -0.15) is 5.10 Å². The summed E-state index contributed by atoms with van der Waals surface area (Å²) in [4.78, 5) is 0. The molecule has 0 saturated heterocycles. The van der Waals surface area contributed by atoms with Gasteiger partial charge in [-0.05, 0) is 23.7 Å². The molecule has 0 amide bonds. The van der Waals surface area contributed by atoms with Gasteiger partial charge in [0.1, 0.15) is 0 Å². The van der Waals surface area contributed by atoms with Crippen molar-refractivity contribution in [2.24, 2.45) is 32.7 Å². The lowest BCUT2D eigenvalue weighted by Gasteiger charge is -2.38. The first kappa shape index (κ1) is 9.70. The van der Waals surface area contributed by atoms with E-state index >= 15 is 0 Å². The summed E-state index contributed by atoms with van der Waals surface area (Å²) in [6, 6.07) is 0. The molecule has 0 aromatic carbocycles. The van der Waals surface area contributed by atoms with Crippen LogP contribution in [0.1, 0.15) is 33.6 Å². The minimum Gasteiger partial charge on any atom is -0.377 e. The average molecular weight is 223 g/mol. The highest BCUT2D eigenvalue weighted by atomic mass is 32.2. The third-order valence-corrected chi connectivity index (χ3v) is 6.32. The fourth-order valence-electron chi connectivity index (χ4n) is 3.58. The molecule has 2 aliphatic carbocycles. The van der Waals surface area contributed by atoms with Gasteiger partial charge in [0.25, 0.3) is 0 Å². The van der Waals surface area contributed by atoms with Crippen LogP contribution in [0.4, 0.5) is 0 Å². The van der Waals surface area contributed by atoms with E-state index in [0.29, 0.717) is 27.2 Å². The summed E-state index contributed by atoms with van der Waals surface area (Å²) in [5.74, 6) is 0.622. The second kappa shape index (κ2) is 2.59. The van der Waals surface area contributed by atoms with Crippen molar-refractivity contribution in [3.05, 3.63) is 0 Å². The van der Waals surface area contributed by atoms with E-state index in [1.165, 1.54) is 18.6 Å². The highest BCUT2D eigenvalue weighted by Gasteiger charge is 2.65. The highest BCUT2D eigenvalue weighted by molar-refractivity contribution is 8.15. The maximum absolute atomic E-state index is 5.78. The quantitative estimate of drug-likeness (QED) is 0.684.